The van der Waals surface area contributed by atoms with Gasteiger partial charge in [-0.2, -0.15) is 0 Å². The Bertz CT molecular complexity index is 233. The van der Waals surface area contributed by atoms with E-state index in [1.54, 1.807) is 0 Å². The Morgan fingerprint density at radius 3 is 2.00 bits per heavy atom. The molecule has 0 nitrogen and oxygen atoms in total. The molecule has 0 amide bonds. The molecule has 0 atom stereocenters. The summed E-state index contributed by atoms with van der Waals surface area (Å²) in [7, 11) is 0. The Kier molecular flexibility index (Phi) is 2.52. The van der Waals surface area contributed by atoms with Gasteiger partial charge in [0.15, 0.2) is 0 Å². The summed E-state index contributed by atoms with van der Waals surface area (Å²) >= 11 is 2.33. The van der Waals surface area contributed by atoms with E-state index in [0.717, 1.165) is 5.56 Å². The molecule has 1 aromatic rings. The first-order valence-corrected chi connectivity index (χ1v) is 4.53. The molecule has 0 bridgehead atoms. The Morgan fingerprint density at radius 1 is 1.18 bits per heavy atom. The lowest BCUT2D eigenvalue weighted by molar-refractivity contribution is 0.626. The van der Waals surface area contributed by atoms with Gasteiger partial charge in [0.05, 0.1) is 0 Å². The molecule has 0 spiro atoms. The van der Waals surface area contributed by atoms with Crippen LogP contribution in [0, 0.1) is 5.82 Å². The summed E-state index contributed by atoms with van der Waals surface area (Å²) in [4.78, 5) is 0. The van der Waals surface area contributed by atoms with E-state index in [0.29, 0.717) is 0 Å². The Morgan fingerprint density at radius 2 is 1.64 bits per heavy atom. The van der Waals surface area contributed by atoms with E-state index >= 15 is 0 Å². The van der Waals surface area contributed by atoms with Gasteiger partial charge >= 0.3 is 0 Å². The van der Waals surface area contributed by atoms with Gasteiger partial charge < -0.3 is 0 Å². The molecule has 0 radical (unpaired) electrons. The largest absolute Gasteiger partial charge is 0.207 e. The van der Waals surface area contributed by atoms with E-state index in [1.807, 2.05) is 12.1 Å². The standard InChI is InChI=1S/C9H10FI/c1-9(2,11)7-3-5-8(10)6-4-7/h3-6H,1-2H3. The van der Waals surface area contributed by atoms with Crippen LogP contribution in [0.1, 0.15) is 19.4 Å². The molecule has 0 fully saturated rings. The molecule has 0 heterocycles. The van der Waals surface area contributed by atoms with E-state index < -0.39 is 0 Å². The normalized spacial score (nSPS) is 11.6. The lowest BCUT2D eigenvalue weighted by Crippen LogP contribution is -2.05. The molecule has 2 heteroatoms. The van der Waals surface area contributed by atoms with Crippen LogP contribution in [-0.4, -0.2) is 0 Å². The third kappa shape index (κ3) is 2.43. The molecular weight excluding hydrogens is 254 g/mol. The van der Waals surface area contributed by atoms with Crippen molar-refractivity contribution >= 4 is 22.6 Å². The van der Waals surface area contributed by atoms with Gasteiger partial charge in [-0.25, -0.2) is 4.39 Å². The molecule has 0 aromatic heterocycles. The molecule has 0 unspecified atom stereocenters. The third-order valence-electron chi connectivity index (χ3n) is 1.53. The fraction of sp³-hybridized carbons (Fsp3) is 0.333. The van der Waals surface area contributed by atoms with Crippen LogP contribution in [-0.2, 0) is 3.42 Å². The monoisotopic (exact) mass is 264 g/mol. The summed E-state index contributed by atoms with van der Waals surface area (Å²) in [5.74, 6) is -0.172. The second-order valence-corrected chi connectivity index (χ2v) is 5.68. The van der Waals surface area contributed by atoms with Gasteiger partial charge in [0.2, 0.25) is 0 Å². The zero-order valence-corrected chi connectivity index (χ0v) is 8.72. The van der Waals surface area contributed by atoms with Gasteiger partial charge in [-0.15, -0.1) is 0 Å². The van der Waals surface area contributed by atoms with Gasteiger partial charge in [-0.3, -0.25) is 0 Å². The number of benzene rings is 1. The topological polar surface area (TPSA) is 0 Å². The number of rotatable bonds is 1. The highest BCUT2D eigenvalue weighted by Crippen LogP contribution is 2.30. The number of alkyl halides is 1. The van der Waals surface area contributed by atoms with E-state index in [1.165, 1.54) is 12.1 Å². The summed E-state index contributed by atoms with van der Waals surface area (Å²) in [6.45, 7) is 4.20. The summed E-state index contributed by atoms with van der Waals surface area (Å²) in [6.07, 6.45) is 0. The number of hydrogen-bond donors (Lipinski definition) is 0. The molecular formula is C9H10FI. The second-order valence-electron chi connectivity index (χ2n) is 2.98. The van der Waals surface area contributed by atoms with Crippen molar-refractivity contribution < 1.29 is 4.39 Å². The zero-order valence-electron chi connectivity index (χ0n) is 6.57. The van der Waals surface area contributed by atoms with Gasteiger partial charge in [-0.05, 0) is 31.5 Å². The maximum Gasteiger partial charge on any atom is 0.123 e. The maximum atomic E-state index is 12.5. The summed E-state index contributed by atoms with van der Waals surface area (Å²) < 4.78 is 12.6. The number of hydrogen-bond acceptors (Lipinski definition) is 0. The highest BCUT2D eigenvalue weighted by molar-refractivity contribution is 14.1. The molecule has 11 heavy (non-hydrogen) atoms. The summed E-state index contributed by atoms with van der Waals surface area (Å²) in [5.41, 5.74) is 1.15. The molecule has 60 valence electrons. The van der Waals surface area contributed by atoms with Crippen LogP contribution >= 0.6 is 22.6 Å². The second kappa shape index (κ2) is 3.09. The molecule has 0 aliphatic heterocycles. The molecule has 0 aliphatic rings. The average molecular weight is 264 g/mol. The van der Waals surface area contributed by atoms with Crippen LogP contribution in [0.2, 0.25) is 0 Å². The summed E-state index contributed by atoms with van der Waals surface area (Å²) in [6, 6.07) is 6.63. The first-order chi connectivity index (χ1) is 5.00. The Balaban J connectivity index is 2.99. The molecule has 0 aliphatic carbocycles. The fourth-order valence-corrected chi connectivity index (χ4v) is 1.21. The fourth-order valence-electron chi connectivity index (χ4n) is 0.846. The van der Waals surface area contributed by atoms with Crippen LogP contribution in [0.4, 0.5) is 4.39 Å². The van der Waals surface area contributed by atoms with E-state index in [-0.39, 0.29) is 9.24 Å². The van der Waals surface area contributed by atoms with Crippen molar-refractivity contribution in [3.8, 4) is 0 Å². The van der Waals surface area contributed by atoms with E-state index in [4.69, 9.17) is 0 Å². The highest BCUT2D eigenvalue weighted by Gasteiger charge is 2.14. The van der Waals surface area contributed by atoms with Gasteiger partial charge in [-0.1, -0.05) is 34.7 Å². The van der Waals surface area contributed by atoms with Crippen LogP contribution in [0.15, 0.2) is 24.3 Å². The third-order valence-corrected chi connectivity index (χ3v) is 2.15. The highest BCUT2D eigenvalue weighted by atomic mass is 127. The first-order valence-electron chi connectivity index (χ1n) is 3.45. The van der Waals surface area contributed by atoms with Gasteiger partial charge in [0.25, 0.3) is 0 Å². The van der Waals surface area contributed by atoms with Crippen molar-refractivity contribution in [2.45, 2.75) is 17.3 Å². The minimum absolute atomic E-state index is 0.0887. The zero-order chi connectivity index (χ0) is 8.48. The van der Waals surface area contributed by atoms with Crippen molar-refractivity contribution in [1.82, 2.24) is 0 Å². The van der Waals surface area contributed by atoms with E-state index in [2.05, 4.69) is 36.4 Å². The predicted molar refractivity (Wildman–Crippen MR) is 53.4 cm³/mol. The Labute approximate surface area is 80.0 Å². The maximum absolute atomic E-state index is 12.5. The van der Waals surface area contributed by atoms with E-state index in [9.17, 15) is 4.39 Å². The molecule has 1 aromatic carbocycles. The lowest BCUT2D eigenvalue weighted by Gasteiger charge is -2.15. The quantitative estimate of drug-likeness (QED) is 0.538. The average Bonchev–Trinajstić information content (AvgIpc) is 1.86. The molecule has 1 rings (SSSR count). The smallest absolute Gasteiger partial charge is 0.123 e. The van der Waals surface area contributed by atoms with Crippen molar-refractivity contribution in [3.63, 3.8) is 0 Å². The first kappa shape index (κ1) is 8.97. The van der Waals surface area contributed by atoms with Gasteiger partial charge in [0.1, 0.15) is 5.82 Å². The minimum Gasteiger partial charge on any atom is -0.207 e. The number of halogens is 2. The Hall–Kier alpha value is -0.120. The lowest BCUT2D eigenvalue weighted by atomic mass is 10.0. The van der Waals surface area contributed by atoms with Crippen molar-refractivity contribution in [2.24, 2.45) is 0 Å². The predicted octanol–water partition coefficient (Wildman–Crippen LogP) is 3.50. The SMILES string of the molecule is CC(C)(I)c1ccc(F)cc1. The van der Waals surface area contributed by atoms with Crippen molar-refractivity contribution in [2.75, 3.05) is 0 Å². The van der Waals surface area contributed by atoms with Crippen LogP contribution in [0.5, 0.6) is 0 Å². The molecule has 0 saturated heterocycles. The van der Waals surface area contributed by atoms with Gasteiger partial charge in [0, 0.05) is 3.42 Å². The van der Waals surface area contributed by atoms with Crippen LogP contribution in [0.25, 0.3) is 0 Å². The van der Waals surface area contributed by atoms with Crippen molar-refractivity contribution in [3.05, 3.63) is 35.6 Å². The van der Waals surface area contributed by atoms with Crippen molar-refractivity contribution in [1.29, 1.82) is 0 Å². The van der Waals surface area contributed by atoms with Crippen LogP contribution in [0.3, 0.4) is 0 Å². The van der Waals surface area contributed by atoms with Crippen LogP contribution < -0.4 is 0 Å². The summed E-state index contributed by atoms with van der Waals surface area (Å²) in [5, 5.41) is 0. The minimum atomic E-state index is -0.172. The molecule has 0 N–H and O–H groups in total. The molecule has 0 saturated carbocycles.